The second-order valence-electron chi connectivity index (χ2n) is 1.71. The van der Waals surface area contributed by atoms with E-state index >= 15 is 0 Å². The maximum atomic E-state index is 5.09. The summed E-state index contributed by atoms with van der Waals surface area (Å²) in [6, 6.07) is 0. The van der Waals surface area contributed by atoms with Crippen LogP contribution in [0.25, 0.3) is 0 Å². The van der Waals surface area contributed by atoms with E-state index in [1.54, 1.807) is 6.92 Å². The van der Waals surface area contributed by atoms with Crippen LogP contribution in [0.2, 0.25) is 0 Å². The molecule has 0 atom stereocenters. The van der Waals surface area contributed by atoms with Crippen molar-refractivity contribution in [1.29, 1.82) is 0 Å². The van der Waals surface area contributed by atoms with Gasteiger partial charge in [-0.3, -0.25) is 0 Å². The predicted octanol–water partition coefficient (Wildman–Crippen LogP) is -2.16. The molecule has 68 valence electrons. The van der Waals surface area contributed by atoms with Crippen molar-refractivity contribution < 1.29 is 38.0 Å². The summed E-state index contributed by atoms with van der Waals surface area (Å²) in [5.74, 6) is 0. The summed E-state index contributed by atoms with van der Waals surface area (Å²) in [6.45, 7) is 1.63. The van der Waals surface area contributed by atoms with E-state index in [-0.39, 0.29) is 20.3 Å². The molecule has 0 aromatic heterocycles. The molecule has 0 bridgehead atoms. The molecule has 0 aliphatic heterocycles. The SMILES string of the molecule is CO[Si](OC)(OC)OC(C)=S.[H-].[Li+]. The molecule has 0 spiro atoms. The number of thiocarbonyl (C=S) groups is 1. The Morgan fingerprint density at radius 3 is 1.58 bits per heavy atom. The van der Waals surface area contributed by atoms with E-state index in [0.29, 0.717) is 5.05 Å². The Kier molecular flexibility index (Phi) is 8.83. The molecule has 0 fully saturated rings. The van der Waals surface area contributed by atoms with E-state index in [0.717, 1.165) is 0 Å². The maximum absolute atomic E-state index is 5.09. The van der Waals surface area contributed by atoms with Gasteiger partial charge in [0.05, 0.1) is 0 Å². The van der Waals surface area contributed by atoms with Gasteiger partial charge in [-0.05, 0) is 12.2 Å². The maximum Gasteiger partial charge on any atom is 1.00 e. The van der Waals surface area contributed by atoms with Gasteiger partial charge in [-0.1, -0.05) is 0 Å². The van der Waals surface area contributed by atoms with Gasteiger partial charge in [-0.2, -0.15) is 0 Å². The summed E-state index contributed by atoms with van der Waals surface area (Å²) >= 11 is 4.72. The molecule has 0 N–H and O–H groups in total. The molecular formula is C5H13LiO4SSi. The summed E-state index contributed by atoms with van der Waals surface area (Å²) in [6.07, 6.45) is 0. The third-order valence-corrected chi connectivity index (χ3v) is 3.31. The van der Waals surface area contributed by atoms with E-state index in [9.17, 15) is 0 Å². The molecule has 0 rings (SSSR count). The van der Waals surface area contributed by atoms with Crippen molar-refractivity contribution in [2.45, 2.75) is 6.92 Å². The van der Waals surface area contributed by atoms with Crippen molar-refractivity contribution in [1.82, 2.24) is 0 Å². The van der Waals surface area contributed by atoms with Gasteiger partial charge in [-0.25, -0.2) is 0 Å². The van der Waals surface area contributed by atoms with Crippen LogP contribution < -0.4 is 18.9 Å². The van der Waals surface area contributed by atoms with Crippen molar-refractivity contribution in [3.05, 3.63) is 0 Å². The minimum atomic E-state index is -2.92. The second kappa shape index (κ2) is 7.03. The average Bonchev–Trinajstić information content (AvgIpc) is 2.00. The Labute approximate surface area is 92.7 Å². The number of rotatable bonds is 4. The summed E-state index contributed by atoms with van der Waals surface area (Å²) in [5, 5.41) is 0.349. The average molecular weight is 204 g/mol. The number of hydrogen-bond acceptors (Lipinski definition) is 5. The van der Waals surface area contributed by atoms with Crippen molar-refractivity contribution >= 4 is 26.3 Å². The van der Waals surface area contributed by atoms with Crippen molar-refractivity contribution in [2.24, 2.45) is 0 Å². The number of hydrogen-bond donors (Lipinski definition) is 0. The van der Waals surface area contributed by atoms with E-state index in [1.807, 2.05) is 0 Å². The van der Waals surface area contributed by atoms with Gasteiger partial charge in [0, 0.05) is 28.3 Å². The van der Waals surface area contributed by atoms with Crippen LogP contribution in [0.3, 0.4) is 0 Å². The predicted molar refractivity (Wildman–Crippen MR) is 47.3 cm³/mol. The van der Waals surface area contributed by atoms with Gasteiger partial charge in [0.2, 0.25) is 0 Å². The normalized spacial score (nSPS) is 10.3. The topological polar surface area (TPSA) is 36.9 Å². The van der Waals surface area contributed by atoms with Crippen molar-refractivity contribution in [3.63, 3.8) is 0 Å². The molecule has 12 heavy (non-hydrogen) atoms. The van der Waals surface area contributed by atoms with Gasteiger partial charge in [-0.15, -0.1) is 0 Å². The molecule has 0 unspecified atom stereocenters. The first kappa shape index (κ1) is 15.1. The molecule has 7 heteroatoms. The van der Waals surface area contributed by atoms with Crippen LogP contribution in [0.5, 0.6) is 0 Å². The molecular weight excluding hydrogens is 191 g/mol. The van der Waals surface area contributed by atoms with Gasteiger partial charge in [0.15, 0.2) is 0 Å². The quantitative estimate of drug-likeness (QED) is 0.385. The monoisotopic (exact) mass is 204 g/mol. The minimum Gasteiger partial charge on any atom is -1.00 e. The van der Waals surface area contributed by atoms with Crippen LogP contribution in [0.4, 0.5) is 0 Å². The molecule has 4 nitrogen and oxygen atoms in total. The molecule has 0 aromatic rings. The third-order valence-electron chi connectivity index (χ3n) is 1.02. The van der Waals surface area contributed by atoms with Crippen LogP contribution in [0, 0.1) is 0 Å². The fraction of sp³-hybridized carbons (Fsp3) is 0.800. The van der Waals surface area contributed by atoms with Crippen molar-refractivity contribution in [2.75, 3.05) is 21.3 Å². The minimum absolute atomic E-state index is 0. The third kappa shape index (κ3) is 4.57. The summed E-state index contributed by atoms with van der Waals surface area (Å²) < 4.78 is 19.9. The summed E-state index contributed by atoms with van der Waals surface area (Å²) in [4.78, 5) is 0. The summed E-state index contributed by atoms with van der Waals surface area (Å²) in [5.41, 5.74) is 0. The fourth-order valence-electron chi connectivity index (χ4n) is 0.551. The van der Waals surface area contributed by atoms with Crippen LogP contribution in [0.1, 0.15) is 8.35 Å². The van der Waals surface area contributed by atoms with Crippen LogP contribution in [0.15, 0.2) is 0 Å². The van der Waals surface area contributed by atoms with Crippen LogP contribution in [-0.2, 0) is 17.7 Å². The van der Waals surface area contributed by atoms with Crippen LogP contribution in [-0.4, -0.2) is 35.4 Å². The largest absolute Gasteiger partial charge is 1.00 e. The first-order valence-electron chi connectivity index (χ1n) is 2.95. The second-order valence-corrected chi connectivity index (χ2v) is 4.71. The molecule has 0 amide bonds. The smallest absolute Gasteiger partial charge is 1.00 e. The first-order chi connectivity index (χ1) is 5.10. The zero-order valence-electron chi connectivity index (χ0n) is 9.04. The van der Waals surface area contributed by atoms with E-state index in [1.165, 1.54) is 21.3 Å². The molecule has 0 aromatic carbocycles. The molecule has 0 heterocycles. The molecule has 0 aliphatic carbocycles. The Bertz CT molecular complexity index is 138. The molecule has 0 saturated carbocycles. The van der Waals surface area contributed by atoms with Gasteiger partial charge in [0.1, 0.15) is 5.05 Å². The zero-order valence-corrected chi connectivity index (χ0v) is 9.86. The summed E-state index contributed by atoms with van der Waals surface area (Å²) in [7, 11) is 1.45. The first-order valence-corrected chi connectivity index (χ1v) is 4.99. The van der Waals surface area contributed by atoms with E-state index in [2.05, 4.69) is 0 Å². The van der Waals surface area contributed by atoms with E-state index < -0.39 is 9.05 Å². The Hall–Kier alpha value is 0.584. The fourth-order valence-corrected chi connectivity index (χ4v) is 1.96. The zero-order chi connectivity index (χ0) is 8.91. The molecule has 0 radical (unpaired) electrons. The van der Waals surface area contributed by atoms with Gasteiger partial charge >= 0.3 is 27.9 Å². The van der Waals surface area contributed by atoms with Gasteiger partial charge < -0.3 is 19.1 Å². The molecule has 0 aliphatic rings. The standard InChI is InChI=1S/C5H12O4SSi.Li.H/c1-5(10)9-11(6-2,7-3)8-4;;/h1-4H3;;/q;+1;-1. The Balaban J connectivity index is -0.000000500. The van der Waals surface area contributed by atoms with Gasteiger partial charge in [0.25, 0.3) is 0 Å². The Morgan fingerprint density at radius 1 is 1.17 bits per heavy atom. The Morgan fingerprint density at radius 2 is 1.50 bits per heavy atom. The van der Waals surface area contributed by atoms with Crippen LogP contribution >= 0.6 is 12.2 Å². The molecule has 0 saturated heterocycles. The van der Waals surface area contributed by atoms with Crippen molar-refractivity contribution in [3.8, 4) is 0 Å². The van der Waals surface area contributed by atoms with E-state index in [4.69, 9.17) is 29.9 Å².